The van der Waals surface area contributed by atoms with Gasteiger partial charge < -0.3 is 20.3 Å². The second-order valence-electron chi connectivity index (χ2n) is 5.99. The molecule has 160 valence electrons. The summed E-state index contributed by atoms with van der Waals surface area (Å²) in [6, 6.07) is 16.4. The van der Waals surface area contributed by atoms with Gasteiger partial charge in [-0.1, -0.05) is 59.8 Å². The summed E-state index contributed by atoms with van der Waals surface area (Å²) in [7, 11) is 0. The molecule has 30 heavy (non-hydrogen) atoms. The molecule has 1 aromatic heterocycles. The van der Waals surface area contributed by atoms with Crippen LogP contribution in [0.3, 0.4) is 0 Å². The molecule has 8 nitrogen and oxygen atoms in total. The van der Waals surface area contributed by atoms with Crippen LogP contribution in [-0.2, 0) is 16.1 Å². The average molecular weight is 452 g/mol. The van der Waals surface area contributed by atoms with Crippen molar-refractivity contribution in [1.82, 2.24) is 15.5 Å². The number of amides is 1. The number of aromatic nitrogens is 2. The minimum atomic E-state index is -0.994. The summed E-state index contributed by atoms with van der Waals surface area (Å²) in [6.07, 6.45) is -0.994. The fourth-order valence-corrected chi connectivity index (χ4v) is 2.56. The predicted molar refractivity (Wildman–Crippen MR) is 118 cm³/mol. The molecule has 0 saturated heterocycles. The first-order valence-electron chi connectivity index (χ1n) is 8.80. The van der Waals surface area contributed by atoms with E-state index in [9.17, 15) is 4.79 Å². The third-order valence-electron chi connectivity index (χ3n) is 4.00. The molecule has 3 rings (SSSR count). The Bertz CT molecular complexity index is 949. The zero-order chi connectivity index (χ0) is 19.9. The van der Waals surface area contributed by atoms with Gasteiger partial charge in [-0.2, -0.15) is 4.98 Å². The lowest BCUT2D eigenvalue weighted by Crippen LogP contribution is -2.30. The number of nitrogen functional groups attached to an aromatic ring is 1. The van der Waals surface area contributed by atoms with Gasteiger partial charge in [0.2, 0.25) is 11.9 Å². The Kier molecular flexibility index (Phi) is 9.97. The van der Waals surface area contributed by atoms with E-state index >= 15 is 0 Å². The minimum absolute atomic E-state index is 0. The summed E-state index contributed by atoms with van der Waals surface area (Å²) in [4.78, 5) is 16.9. The van der Waals surface area contributed by atoms with Crippen molar-refractivity contribution in [3.63, 3.8) is 0 Å². The van der Waals surface area contributed by atoms with E-state index in [1.807, 2.05) is 30.3 Å². The van der Waals surface area contributed by atoms with E-state index in [0.717, 1.165) is 11.1 Å². The molecule has 4 N–H and O–H groups in total. The van der Waals surface area contributed by atoms with Crippen LogP contribution in [0.2, 0.25) is 0 Å². The van der Waals surface area contributed by atoms with E-state index in [1.165, 1.54) is 0 Å². The van der Waals surface area contributed by atoms with Gasteiger partial charge in [-0.15, -0.1) is 24.8 Å². The number of carbonyl (C=O) groups is 1. The maximum atomic E-state index is 12.6. The molecule has 3 aromatic rings. The zero-order valence-electron chi connectivity index (χ0n) is 16.2. The Labute approximate surface area is 186 Å². The molecule has 0 spiro atoms. The fraction of sp³-hybridized carbons (Fsp3) is 0.200. The van der Waals surface area contributed by atoms with E-state index in [0.29, 0.717) is 24.5 Å². The highest BCUT2D eigenvalue weighted by molar-refractivity contribution is 5.94. The Balaban J connectivity index is 0.00000225. The maximum absolute atomic E-state index is 12.6. The average Bonchev–Trinajstić information content (AvgIpc) is 3.21. The quantitative estimate of drug-likeness (QED) is 0.356. The van der Waals surface area contributed by atoms with Crippen LogP contribution in [0, 0.1) is 5.41 Å². The summed E-state index contributed by atoms with van der Waals surface area (Å²) in [6.45, 7) is 2.39. The van der Waals surface area contributed by atoms with Gasteiger partial charge in [0.25, 0.3) is 11.8 Å². The molecule has 1 atom stereocenters. The van der Waals surface area contributed by atoms with Gasteiger partial charge in [-0.3, -0.25) is 10.2 Å². The Hall–Kier alpha value is -2.94. The molecule has 0 bridgehead atoms. The number of halogens is 2. The van der Waals surface area contributed by atoms with Crippen LogP contribution in [0.25, 0.3) is 11.4 Å². The highest BCUT2D eigenvalue weighted by atomic mass is 35.5. The Morgan fingerprint density at radius 2 is 1.83 bits per heavy atom. The number of amidine groups is 1. The molecule has 0 saturated carbocycles. The monoisotopic (exact) mass is 451 g/mol. The number of benzene rings is 2. The number of nitrogens with zero attached hydrogens (tertiary/aromatic N) is 2. The third kappa shape index (κ3) is 6.28. The smallest absolute Gasteiger partial charge is 0.265 e. The van der Waals surface area contributed by atoms with Crippen LogP contribution < -0.4 is 11.1 Å². The van der Waals surface area contributed by atoms with Crippen LogP contribution in [0.5, 0.6) is 0 Å². The Morgan fingerprint density at radius 1 is 1.17 bits per heavy atom. The molecule has 0 radical (unpaired) electrons. The van der Waals surface area contributed by atoms with Crippen LogP contribution in [0.1, 0.15) is 30.0 Å². The van der Waals surface area contributed by atoms with E-state index in [4.69, 9.17) is 20.4 Å². The maximum Gasteiger partial charge on any atom is 0.265 e. The van der Waals surface area contributed by atoms with Crippen LogP contribution in [0.4, 0.5) is 0 Å². The molecular weight excluding hydrogens is 429 g/mol. The first-order valence-corrected chi connectivity index (χ1v) is 8.80. The van der Waals surface area contributed by atoms with Crippen molar-refractivity contribution in [3.8, 4) is 11.4 Å². The van der Waals surface area contributed by atoms with Crippen LogP contribution in [-0.4, -0.2) is 28.5 Å². The number of rotatable bonds is 8. The van der Waals surface area contributed by atoms with Crippen molar-refractivity contribution in [3.05, 3.63) is 71.6 Å². The first-order chi connectivity index (χ1) is 13.6. The molecule has 1 amide bonds. The van der Waals surface area contributed by atoms with Crippen molar-refractivity contribution in [1.29, 1.82) is 5.41 Å². The van der Waals surface area contributed by atoms with Crippen LogP contribution in [0.15, 0.2) is 59.1 Å². The highest BCUT2D eigenvalue weighted by Crippen LogP contribution is 2.21. The van der Waals surface area contributed by atoms with Gasteiger partial charge >= 0.3 is 0 Å². The second-order valence-corrected chi connectivity index (χ2v) is 5.99. The van der Waals surface area contributed by atoms with Crippen LogP contribution >= 0.6 is 24.8 Å². The molecule has 0 aliphatic heterocycles. The number of carbonyl (C=O) groups excluding carboxylic acids is 1. The van der Waals surface area contributed by atoms with Gasteiger partial charge in [-0.05, 0) is 12.5 Å². The van der Waals surface area contributed by atoms with Crippen molar-refractivity contribution in [2.75, 3.05) is 6.61 Å². The topological polar surface area (TPSA) is 127 Å². The summed E-state index contributed by atoms with van der Waals surface area (Å²) >= 11 is 0. The first kappa shape index (κ1) is 25.1. The molecular formula is C20H23Cl2N5O3. The fourth-order valence-electron chi connectivity index (χ4n) is 2.56. The SMILES string of the molecule is CCO[C@H](C(=O)NCc1ccc(C(=N)N)cc1)c1nc(-c2ccccc2)no1.Cl.Cl. The lowest BCUT2D eigenvalue weighted by Gasteiger charge is -2.13. The van der Waals surface area contributed by atoms with Gasteiger partial charge in [0, 0.05) is 24.3 Å². The lowest BCUT2D eigenvalue weighted by molar-refractivity contribution is -0.134. The number of hydrogen-bond donors (Lipinski definition) is 3. The van der Waals surface area contributed by atoms with Crippen molar-refractivity contribution in [2.24, 2.45) is 5.73 Å². The van der Waals surface area contributed by atoms with Crippen molar-refractivity contribution in [2.45, 2.75) is 19.6 Å². The van der Waals surface area contributed by atoms with E-state index in [-0.39, 0.29) is 42.4 Å². The highest BCUT2D eigenvalue weighted by Gasteiger charge is 2.27. The summed E-state index contributed by atoms with van der Waals surface area (Å²) < 4.78 is 10.8. The minimum Gasteiger partial charge on any atom is -0.384 e. The molecule has 10 heteroatoms. The number of nitrogens with one attached hydrogen (secondary N) is 2. The molecule has 2 aromatic carbocycles. The van der Waals surface area contributed by atoms with E-state index in [2.05, 4.69) is 15.5 Å². The lowest BCUT2D eigenvalue weighted by atomic mass is 10.1. The summed E-state index contributed by atoms with van der Waals surface area (Å²) in [5, 5.41) is 14.1. The number of hydrogen-bond acceptors (Lipinski definition) is 6. The standard InChI is InChI=1S/C20H21N5O3.2ClH/c1-2-27-16(20-24-18(25-28-20)15-6-4-3-5-7-15)19(26)23-12-13-8-10-14(11-9-13)17(21)22;;/h3-11,16H,2,12H2,1H3,(H3,21,22)(H,23,26);2*1H/t16-;;/m1../s1. The third-order valence-corrected chi connectivity index (χ3v) is 4.00. The molecule has 1 heterocycles. The number of ether oxygens (including phenoxy) is 1. The zero-order valence-corrected chi connectivity index (χ0v) is 17.8. The normalized spacial score (nSPS) is 11.0. The van der Waals surface area contributed by atoms with Crippen molar-refractivity contribution < 1.29 is 14.1 Å². The molecule has 0 aliphatic carbocycles. The second kappa shape index (κ2) is 11.9. The summed E-state index contributed by atoms with van der Waals surface area (Å²) in [5.74, 6) is 0.122. The number of nitrogens with two attached hydrogens (primary N) is 1. The van der Waals surface area contributed by atoms with Gasteiger partial charge in [-0.25, -0.2) is 0 Å². The van der Waals surface area contributed by atoms with Gasteiger partial charge in [0.05, 0.1) is 0 Å². The van der Waals surface area contributed by atoms with Gasteiger partial charge in [0.1, 0.15) is 5.84 Å². The van der Waals surface area contributed by atoms with E-state index in [1.54, 1.807) is 31.2 Å². The Morgan fingerprint density at radius 3 is 2.43 bits per heavy atom. The molecule has 0 aliphatic rings. The van der Waals surface area contributed by atoms with Crippen molar-refractivity contribution >= 4 is 36.6 Å². The van der Waals surface area contributed by atoms with E-state index < -0.39 is 6.10 Å². The predicted octanol–water partition coefficient (Wildman–Crippen LogP) is 3.26. The summed E-state index contributed by atoms with van der Waals surface area (Å²) in [5.41, 5.74) is 7.72. The molecule has 0 fully saturated rings. The van der Waals surface area contributed by atoms with Gasteiger partial charge in [0.15, 0.2) is 0 Å². The largest absolute Gasteiger partial charge is 0.384 e. The molecule has 0 unspecified atom stereocenters.